The maximum atomic E-state index is 13.8. The topological polar surface area (TPSA) is 46.8 Å². The van der Waals surface area contributed by atoms with Crippen molar-refractivity contribution < 1.29 is 9.53 Å². The molecule has 186 valence electrons. The minimum atomic E-state index is 0.0719. The number of carbonyl (C=O) groups is 1. The summed E-state index contributed by atoms with van der Waals surface area (Å²) in [4.78, 5) is 21.5. The molecule has 0 radical (unpaired) electrons. The SMILES string of the molecule is COc1ccc(-n2c(C)cc(/C=C3\SC(=Nc4ccccc4)N([C@@H]4CCCC[C@@H]4C)C3=O)c2C)cc1. The van der Waals surface area contributed by atoms with E-state index in [9.17, 15) is 4.79 Å². The number of aryl methyl sites for hydroxylation is 1. The van der Waals surface area contributed by atoms with Crippen LogP contribution in [0.25, 0.3) is 11.8 Å². The fourth-order valence-corrected chi connectivity index (χ4v) is 6.39. The molecule has 0 spiro atoms. The Morgan fingerprint density at radius 3 is 2.44 bits per heavy atom. The molecule has 1 aromatic heterocycles. The molecule has 2 aliphatic rings. The van der Waals surface area contributed by atoms with Crippen molar-refractivity contribution in [2.45, 2.75) is 52.5 Å². The van der Waals surface area contributed by atoms with Crippen LogP contribution in [-0.2, 0) is 4.79 Å². The summed E-state index contributed by atoms with van der Waals surface area (Å²) in [5.74, 6) is 1.37. The number of hydrogen-bond donors (Lipinski definition) is 0. The molecule has 1 aliphatic carbocycles. The van der Waals surface area contributed by atoms with Gasteiger partial charge in [0.2, 0.25) is 0 Å². The second-order valence-corrected chi connectivity index (χ2v) is 10.7. The van der Waals surface area contributed by atoms with Crippen molar-refractivity contribution in [2.24, 2.45) is 10.9 Å². The highest BCUT2D eigenvalue weighted by atomic mass is 32.2. The molecule has 0 bridgehead atoms. The Kier molecular flexibility index (Phi) is 7.06. The number of amidine groups is 1. The van der Waals surface area contributed by atoms with E-state index in [0.717, 1.165) is 63.4 Å². The number of thioether (sulfide) groups is 1. The first-order chi connectivity index (χ1) is 17.5. The Morgan fingerprint density at radius 1 is 1.03 bits per heavy atom. The lowest BCUT2D eigenvalue weighted by atomic mass is 9.85. The van der Waals surface area contributed by atoms with Crippen LogP contribution in [0.2, 0.25) is 0 Å². The van der Waals surface area contributed by atoms with Gasteiger partial charge in [-0.2, -0.15) is 0 Å². The average molecular weight is 500 g/mol. The van der Waals surface area contributed by atoms with E-state index in [1.165, 1.54) is 18.2 Å². The van der Waals surface area contributed by atoms with Crippen LogP contribution >= 0.6 is 11.8 Å². The van der Waals surface area contributed by atoms with Gasteiger partial charge in [-0.1, -0.05) is 38.0 Å². The molecule has 6 heteroatoms. The smallest absolute Gasteiger partial charge is 0.267 e. The van der Waals surface area contributed by atoms with E-state index in [2.05, 4.69) is 43.5 Å². The van der Waals surface area contributed by atoms with Gasteiger partial charge in [-0.05, 0) is 98.5 Å². The van der Waals surface area contributed by atoms with Gasteiger partial charge in [0.25, 0.3) is 5.91 Å². The summed E-state index contributed by atoms with van der Waals surface area (Å²) in [5, 5.41) is 0.792. The Labute approximate surface area is 217 Å². The van der Waals surface area contributed by atoms with Gasteiger partial charge in [0.05, 0.1) is 17.7 Å². The summed E-state index contributed by atoms with van der Waals surface area (Å²) in [6, 6.07) is 20.3. The molecule has 0 N–H and O–H groups in total. The van der Waals surface area contributed by atoms with Crippen LogP contribution in [0.1, 0.15) is 49.6 Å². The molecule has 5 rings (SSSR count). The van der Waals surface area contributed by atoms with Crippen molar-refractivity contribution in [2.75, 3.05) is 7.11 Å². The lowest BCUT2D eigenvalue weighted by Crippen LogP contribution is -2.44. The number of benzene rings is 2. The fourth-order valence-electron chi connectivity index (χ4n) is 5.35. The fraction of sp³-hybridized carbons (Fsp3) is 0.333. The minimum absolute atomic E-state index is 0.0719. The maximum Gasteiger partial charge on any atom is 0.267 e. The monoisotopic (exact) mass is 499 g/mol. The Morgan fingerprint density at radius 2 is 1.75 bits per heavy atom. The molecule has 3 aromatic rings. The third-order valence-electron chi connectivity index (χ3n) is 7.30. The van der Waals surface area contributed by atoms with E-state index >= 15 is 0 Å². The van der Waals surface area contributed by atoms with Gasteiger partial charge in [0, 0.05) is 23.1 Å². The van der Waals surface area contributed by atoms with E-state index in [-0.39, 0.29) is 11.9 Å². The molecule has 2 aromatic carbocycles. The number of aromatic nitrogens is 1. The number of aliphatic imine (C=N–C) groups is 1. The number of carbonyl (C=O) groups excluding carboxylic acids is 1. The first-order valence-corrected chi connectivity index (χ1v) is 13.5. The van der Waals surface area contributed by atoms with Gasteiger partial charge >= 0.3 is 0 Å². The average Bonchev–Trinajstić information content (AvgIpc) is 3.34. The third-order valence-corrected chi connectivity index (χ3v) is 8.29. The van der Waals surface area contributed by atoms with Crippen molar-refractivity contribution in [3.05, 3.63) is 82.5 Å². The van der Waals surface area contributed by atoms with Gasteiger partial charge in [-0.25, -0.2) is 4.99 Å². The molecule has 2 heterocycles. The lowest BCUT2D eigenvalue weighted by Gasteiger charge is -2.35. The van der Waals surface area contributed by atoms with Crippen molar-refractivity contribution in [3.8, 4) is 11.4 Å². The maximum absolute atomic E-state index is 13.8. The van der Waals surface area contributed by atoms with Gasteiger partial charge in [-0.3, -0.25) is 9.69 Å². The minimum Gasteiger partial charge on any atom is -0.497 e. The quantitative estimate of drug-likeness (QED) is 0.346. The van der Waals surface area contributed by atoms with Crippen LogP contribution in [0.5, 0.6) is 5.75 Å². The zero-order valence-corrected chi connectivity index (χ0v) is 22.2. The van der Waals surface area contributed by atoms with E-state index in [4.69, 9.17) is 9.73 Å². The highest BCUT2D eigenvalue weighted by molar-refractivity contribution is 8.18. The van der Waals surface area contributed by atoms with Gasteiger partial charge in [-0.15, -0.1) is 0 Å². The second-order valence-electron chi connectivity index (χ2n) is 9.70. The first kappa shape index (κ1) is 24.4. The van der Waals surface area contributed by atoms with Crippen molar-refractivity contribution >= 4 is 34.6 Å². The number of para-hydroxylation sites is 1. The largest absolute Gasteiger partial charge is 0.497 e. The summed E-state index contributed by atoms with van der Waals surface area (Å²) >= 11 is 1.50. The number of ether oxygens (including phenoxy) is 1. The zero-order valence-electron chi connectivity index (χ0n) is 21.4. The van der Waals surface area contributed by atoms with Crippen molar-refractivity contribution in [3.63, 3.8) is 0 Å². The third kappa shape index (κ3) is 4.74. The lowest BCUT2D eigenvalue weighted by molar-refractivity contribution is -0.124. The molecule has 0 unspecified atom stereocenters. The van der Waals surface area contributed by atoms with E-state index in [0.29, 0.717) is 5.92 Å². The van der Waals surface area contributed by atoms with Crippen LogP contribution in [0.3, 0.4) is 0 Å². The Balaban J connectivity index is 1.52. The summed E-state index contributed by atoms with van der Waals surface area (Å²) in [6.07, 6.45) is 6.62. The Hall–Kier alpha value is -3.25. The summed E-state index contributed by atoms with van der Waals surface area (Å²) in [5.41, 5.74) is 5.22. The van der Waals surface area contributed by atoms with Crippen LogP contribution < -0.4 is 4.74 Å². The van der Waals surface area contributed by atoms with Gasteiger partial charge < -0.3 is 9.30 Å². The molecule has 2 atom stereocenters. The molecular formula is C30H33N3O2S. The normalized spacial score (nSPS) is 22.6. The predicted molar refractivity (Wildman–Crippen MR) is 149 cm³/mol. The second kappa shape index (κ2) is 10.4. The predicted octanol–water partition coefficient (Wildman–Crippen LogP) is 7.29. The van der Waals surface area contributed by atoms with Crippen LogP contribution in [0.4, 0.5) is 5.69 Å². The molecule has 1 saturated heterocycles. The van der Waals surface area contributed by atoms with Crippen molar-refractivity contribution in [1.29, 1.82) is 0 Å². The molecule has 1 aliphatic heterocycles. The van der Waals surface area contributed by atoms with Crippen LogP contribution in [-0.4, -0.2) is 33.7 Å². The van der Waals surface area contributed by atoms with Gasteiger partial charge in [0.1, 0.15) is 5.75 Å². The van der Waals surface area contributed by atoms with E-state index in [1.54, 1.807) is 7.11 Å². The highest BCUT2D eigenvalue weighted by Crippen LogP contribution is 2.40. The molecule has 1 amide bonds. The number of hydrogen-bond acceptors (Lipinski definition) is 4. The summed E-state index contributed by atoms with van der Waals surface area (Å²) in [6.45, 7) is 6.47. The zero-order chi connectivity index (χ0) is 25.2. The van der Waals surface area contributed by atoms with E-state index < -0.39 is 0 Å². The van der Waals surface area contributed by atoms with Crippen LogP contribution in [0, 0.1) is 19.8 Å². The molecule has 36 heavy (non-hydrogen) atoms. The van der Waals surface area contributed by atoms with Crippen molar-refractivity contribution in [1.82, 2.24) is 9.47 Å². The molecule has 1 saturated carbocycles. The number of nitrogens with zero attached hydrogens (tertiary/aromatic N) is 3. The van der Waals surface area contributed by atoms with Crippen LogP contribution in [0.15, 0.2) is 70.6 Å². The number of amides is 1. The van der Waals surface area contributed by atoms with Gasteiger partial charge in [0.15, 0.2) is 5.17 Å². The van der Waals surface area contributed by atoms with E-state index in [1.807, 2.05) is 53.4 Å². The first-order valence-electron chi connectivity index (χ1n) is 12.7. The molecule has 2 fully saturated rings. The Bertz CT molecular complexity index is 1310. The standard InChI is InChI=1S/C30H33N3O2S/c1-20-10-8-9-13-27(20)33-29(34)28(36-30(33)31-24-11-6-5-7-12-24)19-23-18-21(2)32(22(23)3)25-14-16-26(35-4)17-15-25/h5-7,11-12,14-20,27H,8-10,13H2,1-4H3/b28-19-,31-30?/t20-,27+/m0/s1. The number of methoxy groups -OCH3 is 1. The highest BCUT2D eigenvalue weighted by Gasteiger charge is 2.41. The summed E-state index contributed by atoms with van der Waals surface area (Å²) < 4.78 is 7.53. The number of rotatable bonds is 5. The molecule has 5 nitrogen and oxygen atoms in total. The summed E-state index contributed by atoms with van der Waals surface area (Å²) in [7, 11) is 1.68. The molecular weight excluding hydrogens is 466 g/mol.